The first-order valence-corrected chi connectivity index (χ1v) is 17.5. The average Bonchev–Trinajstić information content (AvgIpc) is 3.53. The summed E-state index contributed by atoms with van der Waals surface area (Å²) in [6.07, 6.45) is -0.795. The van der Waals surface area contributed by atoms with Gasteiger partial charge < -0.3 is 14.8 Å². The van der Waals surface area contributed by atoms with Crippen molar-refractivity contribution in [3.8, 4) is 11.1 Å². The molecule has 1 aliphatic carbocycles. The number of esters is 1. The van der Waals surface area contributed by atoms with Crippen LogP contribution >= 0.6 is 0 Å². The average molecular weight is 702 g/mol. The molecule has 0 saturated heterocycles. The maximum atomic E-state index is 14.3. The van der Waals surface area contributed by atoms with Gasteiger partial charge in [0.15, 0.2) is 0 Å². The SMILES string of the molecule is O=C(CN(CC(=O)OCc1ccccc1)NC(=O)OCC1c2ccccc2-c2ccccc21)NC(c1ccccc1)(c1ccccc1)c1ccccc1. The highest BCUT2D eigenvalue weighted by Crippen LogP contribution is 2.44. The van der Waals surface area contributed by atoms with Gasteiger partial charge in [0.1, 0.15) is 25.3 Å². The first-order valence-electron chi connectivity index (χ1n) is 17.5. The zero-order valence-corrected chi connectivity index (χ0v) is 29.1. The number of amides is 2. The lowest BCUT2D eigenvalue weighted by Crippen LogP contribution is -2.54. The van der Waals surface area contributed by atoms with Gasteiger partial charge in [-0.25, -0.2) is 4.79 Å². The second-order valence-electron chi connectivity index (χ2n) is 12.8. The maximum absolute atomic E-state index is 14.3. The Hall–Kier alpha value is -6.51. The summed E-state index contributed by atoms with van der Waals surface area (Å²) in [6.45, 7) is -0.667. The van der Waals surface area contributed by atoms with Crippen LogP contribution < -0.4 is 10.7 Å². The molecular weight excluding hydrogens is 663 g/mol. The van der Waals surface area contributed by atoms with Gasteiger partial charge in [-0.1, -0.05) is 170 Å². The van der Waals surface area contributed by atoms with E-state index in [2.05, 4.69) is 22.9 Å². The second-order valence-corrected chi connectivity index (χ2v) is 12.8. The van der Waals surface area contributed by atoms with Gasteiger partial charge in [-0.3, -0.25) is 15.0 Å². The number of fused-ring (bicyclic) bond motifs is 3. The highest BCUT2D eigenvalue weighted by molar-refractivity contribution is 5.83. The molecule has 6 aromatic rings. The third-order valence-corrected chi connectivity index (χ3v) is 9.44. The molecule has 0 aliphatic heterocycles. The minimum atomic E-state index is -1.09. The molecular formula is C45H39N3O5. The van der Waals surface area contributed by atoms with Crippen molar-refractivity contribution < 1.29 is 23.9 Å². The summed E-state index contributed by atoms with van der Waals surface area (Å²) in [5, 5.41) is 4.52. The number of carbonyl (C=O) groups is 3. The van der Waals surface area contributed by atoms with Crippen LogP contribution in [0.25, 0.3) is 11.1 Å². The monoisotopic (exact) mass is 701 g/mol. The Morgan fingerprint density at radius 2 is 1.00 bits per heavy atom. The van der Waals surface area contributed by atoms with Gasteiger partial charge in [0, 0.05) is 5.92 Å². The highest BCUT2D eigenvalue weighted by Gasteiger charge is 2.38. The first-order chi connectivity index (χ1) is 26.0. The Morgan fingerprint density at radius 3 is 1.51 bits per heavy atom. The van der Waals surface area contributed by atoms with E-state index in [4.69, 9.17) is 9.47 Å². The molecule has 7 rings (SSSR count). The minimum absolute atomic E-state index is 0.0454. The number of hydrazine groups is 1. The highest BCUT2D eigenvalue weighted by atomic mass is 16.6. The van der Waals surface area contributed by atoms with Crippen LogP contribution in [0.15, 0.2) is 170 Å². The summed E-state index contributed by atoms with van der Waals surface area (Å²) in [4.78, 5) is 40.9. The van der Waals surface area contributed by atoms with E-state index in [9.17, 15) is 14.4 Å². The molecule has 2 amide bonds. The third-order valence-electron chi connectivity index (χ3n) is 9.44. The van der Waals surface area contributed by atoms with E-state index in [1.807, 2.05) is 158 Å². The lowest BCUT2D eigenvalue weighted by atomic mass is 9.77. The Bertz CT molecular complexity index is 2020. The molecule has 0 fully saturated rings. The Balaban J connectivity index is 1.13. The van der Waals surface area contributed by atoms with Crippen molar-refractivity contribution in [2.75, 3.05) is 19.7 Å². The molecule has 0 saturated carbocycles. The van der Waals surface area contributed by atoms with Crippen LogP contribution in [0.1, 0.15) is 39.3 Å². The topological polar surface area (TPSA) is 97.0 Å². The van der Waals surface area contributed by atoms with E-state index in [0.29, 0.717) is 0 Å². The van der Waals surface area contributed by atoms with Gasteiger partial charge in [0.25, 0.3) is 0 Å². The van der Waals surface area contributed by atoms with Crippen molar-refractivity contribution in [2.45, 2.75) is 18.1 Å². The molecule has 0 radical (unpaired) electrons. The Kier molecular flexibility index (Phi) is 10.7. The number of carbonyl (C=O) groups excluding carboxylic acids is 3. The van der Waals surface area contributed by atoms with Crippen molar-refractivity contribution in [1.82, 2.24) is 15.8 Å². The van der Waals surface area contributed by atoms with E-state index >= 15 is 0 Å². The van der Waals surface area contributed by atoms with Crippen LogP contribution in [-0.2, 0) is 31.2 Å². The van der Waals surface area contributed by atoms with Gasteiger partial charge >= 0.3 is 12.1 Å². The standard InChI is InChI=1S/C45H39N3O5/c49-42(46-45(34-19-7-2-8-20-34,35-21-9-3-10-22-35)36-23-11-4-12-24-36)29-48(30-43(50)52-31-33-17-5-1-6-18-33)47-44(51)53-32-41-39-27-15-13-25-37(39)38-26-14-16-28-40(38)41/h1-28,41H,29-32H2,(H,46,49)(H,47,51). The first kappa shape index (κ1) is 34.9. The van der Waals surface area contributed by atoms with Crippen molar-refractivity contribution in [3.05, 3.63) is 203 Å². The number of benzene rings is 6. The molecule has 0 atom stereocenters. The normalized spacial score (nSPS) is 12.0. The molecule has 8 nitrogen and oxygen atoms in total. The molecule has 0 unspecified atom stereocenters. The van der Waals surface area contributed by atoms with E-state index < -0.39 is 30.1 Å². The molecule has 8 heteroatoms. The van der Waals surface area contributed by atoms with E-state index in [0.717, 1.165) is 44.5 Å². The number of nitrogens with one attached hydrogen (secondary N) is 2. The van der Waals surface area contributed by atoms with Crippen LogP contribution in [0.3, 0.4) is 0 Å². The van der Waals surface area contributed by atoms with Gasteiger partial charge in [0.05, 0.1) is 6.54 Å². The van der Waals surface area contributed by atoms with Crippen LogP contribution in [0.4, 0.5) is 4.79 Å². The fourth-order valence-corrected chi connectivity index (χ4v) is 7.04. The molecule has 2 N–H and O–H groups in total. The smallest absolute Gasteiger partial charge is 0.421 e. The largest absolute Gasteiger partial charge is 0.460 e. The van der Waals surface area contributed by atoms with E-state index in [-0.39, 0.29) is 25.7 Å². The molecule has 6 aromatic carbocycles. The van der Waals surface area contributed by atoms with Crippen LogP contribution in [0.2, 0.25) is 0 Å². The quantitative estimate of drug-likeness (QED) is 0.0732. The van der Waals surface area contributed by atoms with Crippen molar-refractivity contribution in [1.29, 1.82) is 0 Å². The van der Waals surface area contributed by atoms with E-state index in [1.54, 1.807) is 0 Å². The minimum Gasteiger partial charge on any atom is -0.460 e. The van der Waals surface area contributed by atoms with E-state index in [1.165, 1.54) is 5.01 Å². The molecule has 0 spiro atoms. The number of nitrogens with zero attached hydrogens (tertiary/aromatic N) is 1. The Labute approximate surface area is 309 Å². The van der Waals surface area contributed by atoms with Crippen LogP contribution in [-0.4, -0.2) is 42.7 Å². The fourth-order valence-electron chi connectivity index (χ4n) is 7.04. The second kappa shape index (κ2) is 16.2. The molecule has 1 aliphatic rings. The predicted octanol–water partition coefficient (Wildman–Crippen LogP) is 7.59. The number of rotatable bonds is 13. The maximum Gasteiger partial charge on any atom is 0.421 e. The summed E-state index contributed by atoms with van der Waals surface area (Å²) in [7, 11) is 0. The molecule has 0 bridgehead atoms. The molecule has 264 valence electrons. The number of ether oxygens (including phenoxy) is 2. The third kappa shape index (κ3) is 7.88. The molecule has 0 heterocycles. The van der Waals surface area contributed by atoms with Gasteiger partial charge in [-0.2, -0.15) is 5.01 Å². The summed E-state index contributed by atoms with van der Waals surface area (Å²) in [5.74, 6) is -1.23. The van der Waals surface area contributed by atoms with Crippen LogP contribution in [0.5, 0.6) is 0 Å². The number of hydrogen-bond acceptors (Lipinski definition) is 6. The fraction of sp³-hybridized carbons (Fsp3) is 0.133. The predicted molar refractivity (Wildman–Crippen MR) is 203 cm³/mol. The van der Waals surface area contributed by atoms with Crippen LogP contribution in [0, 0.1) is 0 Å². The summed E-state index contributed by atoms with van der Waals surface area (Å²) >= 11 is 0. The Morgan fingerprint density at radius 1 is 0.547 bits per heavy atom. The molecule has 0 aromatic heterocycles. The number of hydrogen-bond donors (Lipinski definition) is 2. The van der Waals surface area contributed by atoms with Gasteiger partial charge in [-0.15, -0.1) is 0 Å². The summed E-state index contributed by atoms with van der Waals surface area (Å²) in [6, 6.07) is 54.6. The molecule has 53 heavy (non-hydrogen) atoms. The lowest BCUT2D eigenvalue weighted by Gasteiger charge is -2.37. The van der Waals surface area contributed by atoms with Crippen molar-refractivity contribution in [2.24, 2.45) is 0 Å². The lowest BCUT2D eigenvalue weighted by molar-refractivity contribution is -0.147. The zero-order chi connectivity index (χ0) is 36.5. The van der Waals surface area contributed by atoms with Crippen molar-refractivity contribution in [3.63, 3.8) is 0 Å². The summed E-state index contributed by atoms with van der Waals surface area (Å²) < 4.78 is 11.3. The van der Waals surface area contributed by atoms with Gasteiger partial charge in [0.2, 0.25) is 5.91 Å². The zero-order valence-electron chi connectivity index (χ0n) is 29.1. The van der Waals surface area contributed by atoms with Crippen molar-refractivity contribution >= 4 is 18.0 Å². The summed E-state index contributed by atoms with van der Waals surface area (Å²) in [5.41, 5.74) is 9.25. The van der Waals surface area contributed by atoms with Gasteiger partial charge in [-0.05, 0) is 44.5 Å².